The Kier molecular flexibility index (Phi) is 4.76. The van der Waals surface area contributed by atoms with Crippen molar-refractivity contribution in [3.05, 3.63) is 29.8 Å². The number of carbonyl (C=O) groups excluding carboxylic acids is 2. The van der Waals surface area contributed by atoms with Crippen LogP contribution in [-0.4, -0.2) is 25.5 Å². The van der Waals surface area contributed by atoms with E-state index < -0.39 is 29.9 Å². The van der Waals surface area contributed by atoms with E-state index in [1.165, 1.54) is 13.1 Å². The highest BCUT2D eigenvalue weighted by Crippen LogP contribution is 2.17. The first kappa shape index (κ1) is 14.1. The van der Waals surface area contributed by atoms with Gasteiger partial charge in [-0.1, -0.05) is 0 Å². The molecule has 0 aliphatic heterocycles. The van der Waals surface area contributed by atoms with E-state index >= 15 is 0 Å². The molecule has 0 unspecified atom stereocenters. The van der Waals surface area contributed by atoms with Crippen LogP contribution in [-0.2, 0) is 14.3 Å². The van der Waals surface area contributed by atoms with E-state index in [4.69, 9.17) is 0 Å². The van der Waals surface area contributed by atoms with Crippen LogP contribution in [0.2, 0.25) is 0 Å². The normalized spacial score (nSPS) is 10.0. The van der Waals surface area contributed by atoms with Crippen molar-refractivity contribution in [3.63, 3.8) is 0 Å². The summed E-state index contributed by atoms with van der Waals surface area (Å²) in [5.41, 5.74) is 0.170. The Hall–Kier alpha value is -1.98. The summed E-state index contributed by atoms with van der Waals surface area (Å²) in [7, 11) is 1.37. The van der Waals surface area contributed by atoms with Gasteiger partial charge in [-0.25, -0.2) is 8.78 Å². The van der Waals surface area contributed by atoms with Gasteiger partial charge in [0, 0.05) is 18.8 Å². The van der Waals surface area contributed by atoms with Gasteiger partial charge in [0.2, 0.25) is 5.91 Å². The Balaban J connectivity index is 2.74. The second-order valence-electron chi connectivity index (χ2n) is 3.53. The van der Waals surface area contributed by atoms with E-state index in [0.29, 0.717) is 0 Å². The maximum atomic E-state index is 13.0. The zero-order valence-corrected chi connectivity index (χ0v) is 10.1. The molecule has 0 radical (unpaired) electrons. The van der Waals surface area contributed by atoms with Crippen LogP contribution in [0.25, 0.3) is 0 Å². The lowest BCUT2D eigenvalue weighted by Gasteiger charge is -2.16. The van der Waals surface area contributed by atoms with E-state index in [1.807, 2.05) is 0 Å². The number of hydrogen-bond acceptors (Lipinski definition) is 3. The quantitative estimate of drug-likeness (QED) is 0.611. The van der Waals surface area contributed by atoms with Crippen molar-refractivity contribution in [2.24, 2.45) is 0 Å². The van der Waals surface area contributed by atoms with Gasteiger partial charge < -0.3 is 9.64 Å². The minimum atomic E-state index is -1.05. The Morgan fingerprint density at radius 3 is 2.50 bits per heavy atom. The lowest BCUT2D eigenvalue weighted by Crippen LogP contribution is -2.29. The molecule has 0 saturated carbocycles. The molecule has 0 fully saturated rings. The number of halogens is 2. The average molecular weight is 257 g/mol. The number of carbonyl (C=O) groups is 2. The van der Waals surface area contributed by atoms with Gasteiger partial charge in [-0.05, 0) is 19.1 Å². The average Bonchev–Trinajstić information content (AvgIpc) is 2.32. The van der Waals surface area contributed by atoms with Gasteiger partial charge in [0.1, 0.15) is 6.42 Å². The number of hydrogen-bond donors (Lipinski definition) is 0. The number of amides is 1. The molecule has 98 valence electrons. The summed E-state index contributed by atoms with van der Waals surface area (Å²) in [4.78, 5) is 23.8. The minimum Gasteiger partial charge on any atom is -0.466 e. The highest BCUT2D eigenvalue weighted by molar-refractivity contribution is 6.03. The van der Waals surface area contributed by atoms with Crippen molar-refractivity contribution in [3.8, 4) is 0 Å². The molecule has 0 bridgehead atoms. The Morgan fingerprint density at radius 2 is 1.94 bits per heavy atom. The highest BCUT2D eigenvalue weighted by atomic mass is 19.2. The number of esters is 1. The molecule has 0 aliphatic carbocycles. The molecule has 0 N–H and O–H groups in total. The number of anilines is 1. The standard InChI is InChI=1S/C12H13F2NO3/c1-3-18-12(17)7-11(16)15(2)8-4-5-9(13)10(14)6-8/h4-6H,3,7H2,1-2H3. The Labute approximate surface area is 103 Å². The number of ether oxygens (including phenoxy) is 1. The molecule has 4 nitrogen and oxygen atoms in total. The van der Waals surface area contributed by atoms with Gasteiger partial charge in [-0.3, -0.25) is 9.59 Å². The van der Waals surface area contributed by atoms with Crippen LogP contribution in [0.1, 0.15) is 13.3 Å². The number of nitrogens with zero attached hydrogens (tertiary/aromatic N) is 1. The molecule has 18 heavy (non-hydrogen) atoms. The van der Waals surface area contributed by atoms with Crippen molar-refractivity contribution in [2.45, 2.75) is 13.3 Å². The molecule has 1 amide bonds. The summed E-state index contributed by atoms with van der Waals surface area (Å²) in [6, 6.07) is 3.05. The highest BCUT2D eigenvalue weighted by Gasteiger charge is 2.17. The zero-order valence-electron chi connectivity index (χ0n) is 10.1. The summed E-state index contributed by atoms with van der Waals surface area (Å²) in [6.07, 6.45) is -0.441. The molecule has 6 heteroatoms. The predicted octanol–water partition coefficient (Wildman–Crippen LogP) is 1.88. The van der Waals surface area contributed by atoms with Crippen LogP contribution in [0.3, 0.4) is 0 Å². The van der Waals surface area contributed by atoms with Crippen LogP contribution in [0, 0.1) is 11.6 Å². The van der Waals surface area contributed by atoms with E-state index in [2.05, 4.69) is 4.74 Å². The molecule has 0 aliphatic rings. The van der Waals surface area contributed by atoms with Gasteiger partial charge in [0.25, 0.3) is 0 Å². The smallest absolute Gasteiger partial charge is 0.315 e. The van der Waals surface area contributed by atoms with Gasteiger partial charge in [-0.2, -0.15) is 0 Å². The van der Waals surface area contributed by atoms with Gasteiger partial charge >= 0.3 is 5.97 Å². The molecular weight excluding hydrogens is 244 g/mol. The first-order valence-corrected chi connectivity index (χ1v) is 5.33. The fraction of sp³-hybridized carbons (Fsp3) is 0.333. The van der Waals surface area contributed by atoms with Crippen LogP contribution in [0.15, 0.2) is 18.2 Å². The third-order valence-electron chi connectivity index (χ3n) is 2.27. The second kappa shape index (κ2) is 6.09. The van der Waals surface area contributed by atoms with Crippen LogP contribution >= 0.6 is 0 Å². The first-order chi connectivity index (χ1) is 8.45. The summed E-state index contributed by atoms with van der Waals surface area (Å²) in [6.45, 7) is 1.81. The molecule has 0 aromatic heterocycles. The van der Waals surface area contributed by atoms with Crippen molar-refractivity contribution in [2.75, 3.05) is 18.6 Å². The predicted molar refractivity (Wildman–Crippen MR) is 61.0 cm³/mol. The molecule has 1 rings (SSSR count). The van der Waals surface area contributed by atoms with E-state index in [0.717, 1.165) is 17.0 Å². The lowest BCUT2D eigenvalue weighted by atomic mass is 10.2. The third kappa shape index (κ3) is 3.51. The lowest BCUT2D eigenvalue weighted by molar-refractivity contribution is -0.145. The van der Waals surface area contributed by atoms with Crippen molar-refractivity contribution in [1.29, 1.82) is 0 Å². The van der Waals surface area contributed by atoms with Crippen LogP contribution < -0.4 is 4.90 Å². The van der Waals surface area contributed by atoms with Gasteiger partial charge in [0.05, 0.1) is 6.61 Å². The van der Waals surface area contributed by atoms with Gasteiger partial charge in [-0.15, -0.1) is 0 Å². The van der Waals surface area contributed by atoms with Crippen molar-refractivity contribution in [1.82, 2.24) is 0 Å². The van der Waals surface area contributed by atoms with Gasteiger partial charge in [0.15, 0.2) is 11.6 Å². The third-order valence-corrected chi connectivity index (χ3v) is 2.27. The Bertz CT molecular complexity index is 463. The maximum absolute atomic E-state index is 13.0. The van der Waals surface area contributed by atoms with Crippen molar-refractivity contribution >= 4 is 17.6 Å². The van der Waals surface area contributed by atoms with Crippen LogP contribution in [0.5, 0.6) is 0 Å². The SMILES string of the molecule is CCOC(=O)CC(=O)N(C)c1ccc(F)c(F)c1. The second-order valence-corrected chi connectivity index (χ2v) is 3.53. The zero-order chi connectivity index (χ0) is 13.7. The summed E-state index contributed by atoms with van der Waals surface area (Å²) < 4.78 is 30.3. The molecule has 0 heterocycles. The monoisotopic (exact) mass is 257 g/mol. The fourth-order valence-electron chi connectivity index (χ4n) is 1.29. The summed E-state index contributed by atoms with van der Waals surface area (Å²) in [5, 5.41) is 0. The van der Waals surface area contributed by atoms with E-state index in [1.54, 1.807) is 6.92 Å². The molecule has 0 atom stereocenters. The summed E-state index contributed by atoms with van der Waals surface area (Å²) >= 11 is 0. The molecule has 0 saturated heterocycles. The van der Waals surface area contributed by atoms with Crippen LogP contribution in [0.4, 0.5) is 14.5 Å². The fourth-order valence-corrected chi connectivity index (χ4v) is 1.29. The minimum absolute atomic E-state index is 0.170. The largest absolute Gasteiger partial charge is 0.466 e. The van der Waals surface area contributed by atoms with E-state index in [9.17, 15) is 18.4 Å². The Morgan fingerprint density at radius 1 is 1.28 bits per heavy atom. The molecular formula is C12H13F2NO3. The molecule has 1 aromatic rings. The molecule has 1 aromatic carbocycles. The molecule has 0 spiro atoms. The maximum Gasteiger partial charge on any atom is 0.315 e. The first-order valence-electron chi connectivity index (χ1n) is 5.33. The summed E-state index contributed by atoms with van der Waals surface area (Å²) in [5.74, 6) is -3.26. The van der Waals surface area contributed by atoms with E-state index in [-0.39, 0.29) is 12.3 Å². The van der Waals surface area contributed by atoms with Crippen molar-refractivity contribution < 1.29 is 23.1 Å². The number of benzene rings is 1. The number of rotatable bonds is 4. The topological polar surface area (TPSA) is 46.6 Å².